The molecule has 0 spiro atoms. The molecular formula is C19H17NO4S. The predicted octanol–water partition coefficient (Wildman–Crippen LogP) is 2.46. The fourth-order valence-corrected chi connectivity index (χ4v) is 4.52. The van der Waals surface area contributed by atoms with Crippen LogP contribution in [-0.2, 0) is 14.3 Å². The summed E-state index contributed by atoms with van der Waals surface area (Å²) in [4.78, 5) is 23.3. The number of esters is 1. The molecule has 2 aliphatic rings. The van der Waals surface area contributed by atoms with E-state index >= 15 is 0 Å². The number of benzene rings is 2. The molecule has 25 heavy (non-hydrogen) atoms. The second-order valence-corrected chi connectivity index (χ2v) is 7.27. The third-order valence-corrected chi connectivity index (χ3v) is 5.84. The maximum atomic E-state index is 12.3. The molecule has 2 atom stereocenters. The van der Waals surface area contributed by atoms with Gasteiger partial charge in [-0.2, -0.15) is 0 Å². The van der Waals surface area contributed by atoms with E-state index in [1.807, 2.05) is 24.3 Å². The molecule has 2 N–H and O–H groups in total. The number of hydrogen-bond acceptors (Lipinski definition) is 5. The Balaban J connectivity index is 1.48. The van der Waals surface area contributed by atoms with Crippen LogP contribution in [0.15, 0.2) is 48.5 Å². The minimum Gasteiger partial charge on any atom is -0.480 e. The van der Waals surface area contributed by atoms with Crippen LogP contribution in [0.5, 0.6) is 0 Å². The Morgan fingerprint density at radius 3 is 2.24 bits per heavy atom. The van der Waals surface area contributed by atoms with Crippen LogP contribution in [0.25, 0.3) is 11.1 Å². The first-order chi connectivity index (χ1) is 12.1. The molecule has 0 bridgehead atoms. The number of carbonyl (C=O) groups is 2. The quantitative estimate of drug-likeness (QED) is 0.821. The minimum absolute atomic E-state index is 0.0121. The van der Waals surface area contributed by atoms with Crippen LogP contribution < -0.4 is 5.32 Å². The molecule has 1 fully saturated rings. The zero-order chi connectivity index (χ0) is 17.4. The Morgan fingerprint density at radius 1 is 1.08 bits per heavy atom. The van der Waals surface area contributed by atoms with Gasteiger partial charge in [-0.25, -0.2) is 4.79 Å². The summed E-state index contributed by atoms with van der Waals surface area (Å²) in [5.41, 5.74) is 4.68. The molecule has 5 nitrogen and oxygen atoms in total. The van der Waals surface area contributed by atoms with E-state index in [4.69, 9.17) is 9.84 Å². The van der Waals surface area contributed by atoms with Gasteiger partial charge >= 0.3 is 11.9 Å². The van der Waals surface area contributed by atoms with E-state index < -0.39 is 23.4 Å². The summed E-state index contributed by atoms with van der Waals surface area (Å²) < 4.78 is 5.54. The lowest BCUT2D eigenvalue weighted by Crippen LogP contribution is -2.40. The Kier molecular flexibility index (Phi) is 4.23. The van der Waals surface area contributed by atoms with Crippen molar-refractivity contribution in [2.24, 2.45) is 0 Å². The summed E-state index contributed by atoms with van der Waals surface area (Å²) in [6.07, 6.45) is 0. The average Bonchev–Trinajstić information content (AvgIpc) is 3.24. The number of rotatable bonds is 4. The van der Waals surface area contributed by atoms with Crippen molar-refractivity contribution in [3.05, 3.63) is 59.7 Å². The summed E-state index contributed by atoms with van der Waals surface area (Å²) >= 11 is 1.27. The minimum atomic E-state index is -0.943. The molecule has 128 valence electrons. The highest BCUT2D eigenvalue weighted by Crippen LogP contribution is 2.44. The highest BCUT2D eigenvalue weighted by molar-refractivity contribution is 8.00. The highest BCUT2D eigenvalue weighted by Gasteiger charge is 2.36. The van der Waals surface area contributed by atoms with Crippen LogP contribution in [-0.4, -0.2) is 40.8 Å². The monoisotopic (exact) mass is 355 g/mol. The van der Waals surface area contributed by atoms with E-state index in [1.165, 1.54) is 22.9 Å². The number of carbonyl (C=O) groups excluding carboxylic acids is 1. The lowest BCUT2D eigenvalue weighted by atomic mass is 9.98. The third-order valence-electron chi connectivity index (χ3n) is 4.65. The maximum absolute atomic E-state index is 12.3. The first-order valence-electron chi connectivity index (χ1n) is 8.10. The topological polar surface area (TPSA) is 75.6 Å². The van der Waals surface area contributed by atoms with E-state index in [1.54, 1.807) is 0 Å². The molecular weight excluding hydrogens is 338 g/mol. The average molecular weight is 355 g/mol. The molecule has 1 aliphatic heterocycles. The SMILES string of the molecule is O=C(O)C1CS[C@H](C(=O)OCC2c3ccccc3-c3ccccc32)N1. The van der Waals surface area contributed by atoms with Gasteiger partial charge in [-0.15, -0.1) is 11.8 Å². The van der Waals surface area contributed by atoms with Gasteiger partial charge in [0.1, 0.15) is 12.6 Å². The lowest BCUT2D eigenvalue weighted by Gasteiger charge is -2.16. The molecule has 2 aromatic rings. The van der Waals surface area contributed by atoms with Crippen molar-refractivity contribution in [1.29, 1.82) is 0 Å². The Bertz CT molecular complexity index is 792. The fraction of sp³-hybridized carbons (Fsp3) is 0.263. The Hall–Kier alpha value is -2.31. The van der Waals surface area contributed by atoms with Crippen molar-refractivity contribution in [2.75, 3.05) is 12.4 Å². The Morgan fingerprint density at radius 2 is 1.68 bits per heavy atom. The van der Waals surface area contributed by atoms with Crippen molar-refractivity contribution in [1.82, 2.24) is 5.32 Å². The normalized spacial score (nSPS) is 21.6. The number of carboxylic acid groups (broad SMARTS) is 1. The van der Waals surface area contributed by atoms with Crippen LogP contribution in [0.2, 0.25) is 0 Å². The van der Waals surface area contributed by atoms with Crippen LogP contribution in [0.3, 0.4) is 0 Å². The lowest BCUT2D eigenvalue weighted by molar-refractivity contribution is -0.144. The van der Waals surface area contributed by atoms with Gasteiger partial charge in [0.2, 0.25) is 0 Å². The molecule has 1 saturated heterocycles. The zero-order valence-electron chi connectivity index (χ0n) is 13.3. The molecule has 1 aliphatic carbocycles. The molecule has 0 radical (unpaired) electrons. The molecule has 1 heterocycles. The van der Waals surface area contributed by atoms with Gasteiger partial charge in [0.15, 0.2) is 5.37 Å². The van der Waals surface area contributed by atoms with Crippen molar-refractivity contribution >= 4 is 23.7 Å². The molecule has 0 saturated carbocycles. The van der Waals surface area contributed by atoms with Crippen LogP contribution >= 0.6 is 11.8 Å². The van der Waals surface area contributed by atoms with Gasteiger partial charge in [-0.1, -0.05) is 48.5 Å². The number of carboxylic acids is 1. The van der Waals surface area contributed by atoms with Gasteiger partial charge in [-0.3, -0.25) is 10.1 Å². The summed E-state index contributed by atoms with van der Waals surface area (Å²) in [5.74, 6) is -0.973. The first-order valence-corrected chi connectivity index (χ1v) is 9.15. The van der Waals surface area contributed by atoms with E-state index in [-0.39, 0.29) is 12.5 Å². The molecule has 1 unspecified atom stereocenters. The molecule has 4 rings (SSSR count). The van der Waals surface area contributed by atoms with Gasteiger partial charge < -0.3 is 9.84 Å². The van der Waals surface area contributed by atoms with Crippen LogP contribution in [0.1, 0.15) is 17.0 Å². The number of nitrogens with one attached hydrogen (secondary N) is 1. The smallest absolute Gasteiger partial charge is 0.333 e. The van der Waals surface area contributed by atoms with Gasteiger partial charge in [0.05, 0.1) is 0 Å². The van der Waals surface area contributed by atoms with Gasteiger partial charge in [-0.05, 0) is 22.3 Å². The first kappa shape index (κ1) is 16.2. The van der Waals surface area contributed by atoms with Crippen LogP contribution in [0, 0.1) is 0 Å². The molecule has 6 heteroatoms. The van der Waals surface area contributed by atoms with Crippen molar-refractivity contribution in [2.45, 2.75) is 17.3 Å². The van der Waals surface area contributed by atoms with E-state index in [9.17, 15) is 9.59 Å². The van der Waals surface area contributed by atoms with Crippen molar-refractivity contribution < 1.29 is 19.4 Å². The summed E-state index contributed by atoms with van der Waals surface area (Å²) in [7, 11) is 0. The summed E-state index contributed by atoms with van der Waals surface area (Å²) in [5, 5.41) is 11.2. The van der Waals surface area contributed by atoms with E-state index in [2.05, 4.69) is 29.6 Å². The molecule has 0 aromatic heterocycles. The number of fused-ring (bicyclic) bond motifs is 3. The van der Waals surface area contributed by atoms with E-state index in [0.29, 0.717) is 5.75 Å². The molecule has 0 amide bonds. The van der Waals surface area contributed by atoms with Gasteiger partial charge in [0, 0.05) is 11.7 Å². The standard InChI is InChI=1S/C19H17NO4S/c21-18(22)16-10-25-17(20-16)19(23)24-9-15-13-7-3-1-5-11(13)12-6-2-4-8-14(12)15/h1-8,15-17,20H,9-10H2,(H,21,22)/t16?,17-/m1/s1. The number of aliphatic carboxylic acids is 1. The summed E-state index contributed by atoms with van der Waals surface area (Å²) in [6.45, 7) is 0.253. The molecule has 2 aromatic carbocycles. The second-order valence-electron chi connectivity index (χ2n) is 6.13. The third kappa shape index (κ3) is 2.92. The van der Waals surface area contributed by atoms with E-state index in [0.717, 1.165) is 11.1 Å². The summed E-state index contributed by atoms with van der Waals surface area (Å²) in [6, 6.07) is 15.6. The highest BCUT2D eigenvalue weighted by atomic mass is 32.2. The van der Waals surface area contributed by atoms with Crippen molar-refractivity contribution in [3.63, 3.8) is 0 Å². The number of hydrogen-bond donors (Lipinski definition) is 2. The fourth-order valence-electron chi connectivity index (χ4n) is 3.43. The maximum Gasteiger partial charge on any atom is 0.333 e. The second kappa shape index (κ2) is 6.54. The largest absolute Gasteiger partial charge is 0.480 e. The van der Waals surface area contributed by atoms with Gasteiger partial charge in [0.25, 0.3) is 0 Å². The van der Waals surface area contributed by atoms with Crippen LogP contribution in [0.4, 0.5) is 0 Å². The predicted molar refractivity (Wildman–Crippen MR) is 95.5 cm³/mol. The number of thioether (sulfide) groups is 1. The number of ether oxygens (including phenoxy) is 1. The zero-order valence-corrected chi connectivity index (χ0v) is 14.2. The van der Waals surface area contributed by atoms with Crippen molar-refractivity contribution in [3.8, 4) is 11.1 Å². The Labute approximate surface area is 149 Å².